The molecular formula is C18H24N2O3S. The van der Waals surface area contributed by atoms with Crippen LogP contribution >= 0.6 is 11.8 Å². The normalized spacial score (nSPS) is 23.3. The fourth-order valence-electron chi connectivity index (χ4n) is 3.23. The third kappa shape index (κ3) is 4.30. The SMILES string of the molecule is CC1CCCCC1OCCNC(=O)c1ccc2c(c1)NC(=O)CS2. The molecule has 1 aliphatic heterocycles. The molecule has 0 bridgehead atoms. The first kappa shape index (κ1) is 17.3. The van der Waals surface area contributed by atoms with Gasteiger partial charge in [-0.05, 0) is 37.0 Å². The molecule has 2 atom stereocenters. The van der Waals surface area contributed by atoms with Crippen LogP contribution in [0, 0.1) is 5.92 Å². The van der Waals surface area contributed by atoms with Gasteiger partial charge in [-0.2, -0.15) is 0 Å². The summed E-state index contributed by atoms with van der Waals surface area (Å²) in [6, 6.07) is 5.41. The molecule has 6 heteroatoms. The Morgan fingerprint density at radius 2 is 2.21 bits per heavy atom. The van der Waals surface area contributed by atoms with Crippen LogP contribution in [0.25, 0.3) is 0 Å². The number of rotatable bonds is 5. The van der Waals surface area contributed by atoms with E-state index in [0.29, 0.717) is 36.5 Å². The number of fused-ring (bicyclic) bond motifs is 1. The van der Waals surface area contributed by atoms with Gasteiger partial charge in [0.15, 0.2) is 0 Å². The van der Waals surface area contributed by atoms with Crippen molar-refractivity contribution in [3.8, 4) is 0 Å². The number of benzene rings is 1. The number of anilines is 1. The molecule has 5 nitrogen and oxygen atoms in total. The minimum Gasteiger partial charge on any atom is -0.376 e. The van der Waals surface area contributed by atoms with Crippen molar-refractivity contribution in [3.63, 3.8) is 0 Å². The quantitative estimate of drug-likeness (QED) is 0.803. The molecule has 1 fully saturated rings. The van der Waals surface area contributed by atoms with Crippen LogP contribution in [0.2, 0.25) is 0 Å². The maximum atomic E-state index is 12.2. The number of ether oxygens (including phenoxy) is 1. The van der Waals surface area contributed by atoms with Crippen LogP contribution in [0.5, 0.6) is 0 Å². The number of hydrogen-bond acceptors (Lipinski definition) is 4. The number of carbonyl (C=O) groups excluding carboxylic acids is 2. The third-order valence-electron chi connectivity index (χ3n) is 4.63. The van der Waals surface area contributed by atoms with Crippen LogP contribution in [0.3, 0.4) is 0 Å². The highest BCUT2D eigenvalue weighted by molar-refractivity contribution is 8.00. The Hall–Kier alpha value is -1.53. The largest absolute Gasteiger partial charge is 0.376 e. The number of amides is 2. The topological polar surface area (TPSA) is 67.4 Å². The van der Waals surface area contributed by atoms with Gasteiger partial charge in [-0.1, -0.05) is 19.8 Å². The van der Waals surface area contributed by atoms with E-state index in [2.05, 4.69) is 17.6 Å². The van der Waals surface area contributed by atoms with Gasteiger partial charge >= 0.3 is 0 Å². The molecule has 1 aromatic carbocycles. The lowest BCUT2D eigenvalue weighted by Gasteiger charge is -2.28. The van der Waals surface area contributed by atoms with Gasteiger partial charge in [0, 0.05) is 17.0 Å². The number of thioether (sulfide) groups is 1. The van der Waals surface area contributed by atoms with E-state index < -0.39 is 0 Å². The summed E-state index contributed by atoms with van der Waals surface area (Å²) in [4.78, 5) is 24.7. The van der Waals surface area contributed by atoms with Gasteiger partial charge in [0.1, 0.15) is 0 Å². The Kier molecular flexibility index (Phi) is 5.79. The van der Waals surface area contributed by atoms with Gasteiger partial charge in [-0.3, -0.25) is 9.59 Å². The zero-order valence-electron chi connectivity index (χ0n) is 14.0. The molecular weight excluding hydrogens is 324 g/mol. The second kappa shape index (κ2) is 8.03. The van der Waals surface area contributed by atoms with Crippen LogP contribution in [-0.4, -0.2) is 36.8 Å². The second-order valence-corrected chi connectivity index (χ2v) is 7.49. The minimum absolute atomic E-state index is 0.0277. The Labute approximate surface area is 146 Å². The summed E-state index contributed by atoms with van der Waals surface area (Å²) in [5.41, 5.74) is 1.28. The van der Waals surface area contributed by atoms with E-state index in [1.54, 1.807) is 12.1 Å². The van der Waals surface area contributed by atoms with Gasteiger partial charge in [-0.25, -0.2) is 0 Å². The molecule has 2 aliphatic rings. The van der Waals surface area contributed by atoms with Crippen molar-refractivity contribution in [1.82, 2.24) is 5.32 Å². The van der Waals surface area contributed by atoms with E-state index in [1.807, 2.05) is 6.07 Å². The summed E-state index contributed by atoms with van der Waals surface area (Å²) >= 11 is 1.49. The highest BCUT2D eigenvalue weighted by Crippen LogP contribution is 2.32. The molecule has 24 heavy (non-hydrogen) atoms. The molecule has 0 saturated heterocycles. The van der Waals surface area contributed by atoms with E-state index in [0.717, 1.165) is 17.0 Å². The standard InChI is InChI=1S/C18H24N2O3S/c1-12-4-2-3-5-15(12)23-9-8-19-18(22)13-6-7-16-14(10-13)20-17(21)11-24-16/h6-7,10,12,15H,2-5,8-9,11H2,1H3,(H,19,22)(H,20,21). The van der Waals surface area contributed by atoms with Crippen molar-refractivity contribution in [2.75, 3.05) is 24.2 Å². The van der Waals surface area contributed by atoms with Crippen LogP contribution in [0.4, 0.5) is 5.69 Å². The summed E-state index contributed by atoms with van der Waals surface area (Å²) in [5, 5.41) is 5.69. The molecule has 2 unspecified atom stereocenters. The van der Waals surface area contributed by atoms with E-state index in [9.17, 15) is 9.59 Å². The highest BCUT2D eigenvalue weighted by Gasteiger charge is 2.21. The van der Waals surface area contributed by atoms with E-state index in [1.165, 1.54) is 31.0 Å². The average molecular weight is 348 g/mol. The molecule has 1 aliphatic carbocycles. The first-order valence-electron chi connectivity index (χ1n) is 8.60. The van der Waals surface area contributed by atoms with Crippen LogP contribution in [-0.2, 0) is 9.53 Å². The summed E-state index contributed by atoms with van der Waals surface area (Å²) in [5.74, 6) is 0.870. The van der Waals surface area contributed by atoms with Crippen LogP contribution in [0.15, 0.2) is 23.1 Å². The average Bonchev–Trinajstić information content (AvgIpc) is 2.59. The number of carbonyl (C=O) groups is 2. The van der Waals surface area contributed by atoms with Crippen molar-refractivity contribution < 1.29 is 14.3 Å². The van der Waals surface area contributed by atoms with E-state index in [-0.39, 0.29) is 11.8 Å². The van der Waals surface area contributed by atoms with E-state index in [4.69, 9.17) is 4.74 Å². The molecule has 1 saturated carbocycles. The van der Waals surface area contributed by atoms with Gasteiger partial charge in [0.05, 0.1) is 24.2 Å². The molecule has 1 heterocycles. The Bertz CT molecular complexity index is 620. The summed E-state index contributed by atoms with van der Waals surface area (Å²) in [6.45, 7) is 3.28. The smallest absolute Gasteiger partial charge is 0.251 e. The van der Waals surface area contributed by atoms with Gasteiger partial charge in [-0.15, -0.1) is 11.8 Å². The van der Waals surface area contributed by atoms with Gasteiger partial charge in [0.25, 0.3) is 5.91 Å². The molecule has 0 spiro atoms. The molecule has 2 amide bonds. The Balaban J connectivity index is 1.47. The summed E-state index contributed by atoms with van der Waals surface area (Å²) in [6.07, 6.45) is 5.21. The van der Waals surface area contributed by atoms with Crippen molar-refractivity contribution in [2.24, 2.45) is 5.92 Å². The number of nitrogens with one attached hydrogen (secondary N) is 2. The van der Waals surface area contributed by atoms with Crippen molar-refractivity contribution in [1.29, 1.82) is 0 Å². The molecule has 2 N–H and O–H groups in total. The summed E-state index contributed by atoms with van der Waals surface area (Å²) in [7, 11) is 0. The van der Waals surface area contributed by atoms with Crippen LogP contribution in [0.1, 0.15) is 43.0 Å². The summed E-state index contributed by atoms with van der Waals surface area (Å²) < 4.78 is 5.91. The lowest BCUT2D eigenvalue weighted by Crippen LogP contribution is -2.32. The first-order valence-corrected chi connectivity index (χ1v) is 9.58. The molecule has 0 radical (unpaired) electrons. The van der Waals surface area contributed by atoms with Gasteiger partial charge in [0.2, 0.25) is 5.91 Å². The third-order valence-corrected chi connectivity index (χ3v) is 5.70. The predicted molar refractivity (Wildman–Crippen MR) is 95.5 cm³/mol. The molecule has 130 valence electrons. The first-order chi connectivity index (χ1) is 11.6. The zero-order chi connectivity index (χ0) is 16.9. The maximum Gasteiger partial charge on any atom is 0.251 e. The van der Waals surface area contributed by atoms with Gasteiger partial charge < -0.3 is 15.4 Å². The number of hydrogen-bond donors (Lipinski definition) is 2. The lowest BCUT2D eigenvalue weighted by molar-refractivity contribution is -0.113. The Morgan fingerprint density at radius 3 is 3.04 bits per heavy atom. The van der Waals surface area contributed by atoms with E-state index >= 15 is 0 Å². The monoisotopic (exact) mass is 348 g/mol. The lowest BCUT2D eigenvalue weighted by atomic mass is 9.88. The minimum atomic E-state index is -0.136. The second-order valence-electron chi connectivity index (χ2n) is 6.47. The maximum absolute atomic E-state index is 12.2. The molecule has 1 aromatic rings. The van der Waals surface area contributed by atoms with Crippen molar-refractivity contribution in [3.05, 3.63) is 23.8 Å². The molecule has 0 aromatic heterocycles. The van der Waals surface area contributed by atoms with Crippen LogP contribution < -0.4 is 10.6 Å². The fourth-order valence-corrected chi connectivity index (χ4v) is 4.02. The predicted octanol–water partition coefficient (Wildman–Crippen LogP) is 3.06. The van der Waals surface area contributed by atoms with Crippen molar-refractivity contribution in [2.45, 2.75) is 43.6 Å². The highest BCUT2D eigenvalue weighted by atomic mass is 32.2. The molecule has 3 rings (SSSR count). The van der Waals surface area contributed by atoms with Crippen molar-refractivity contribution >= 4 is 29.3 Å². The zero-order valence-corrected chi connectivity index (χ0v) is 14.8. The Morgan fingerprint density at radius 1 is 1.38 bits per heavy atom. The fraction of sp³-hybridized carbons (Fsp3) is 0.556.